The molecule has 0 bridgehead atoms. The van der Waals surface area contributed by atoms with Gasteiger partial charge in [-0.05, 0) is 35.9 Å². The van der Waals surface area contributed by atoms with Crippen LogP contribution in [0.1, 0.15) is 10.6 Å². The van der Waals surface area contributed by atoms with E-state index in [4.69, 9.17) is 9.47 Å². The smallest absolute Gasteiger partial charge is 0.134 e. The van der Waals surface area contributed by atoms with Gasteiger partial charge in [-0.25, -0.2) is 4.98 Å². The largest absolute Gasteiger partial charge is 0.497 e. The van der Waals surface area contributed by atoms with Crippen LogP contribution in [0.4, 0.5) is 0 Å². The van der Waals surface area contributed by atoms with Crippen molar-refractivity contribution in [2.75, 3.05) is 14.2 Å². The molecule has 0 aliphatic heterocycles. The number of aromatic nitrogens is 1. The summed E-state index contributed by atoms with van der Waals surface area (Å²) in [6.45, 7) is 0. The van der Waals surface area contributed by atoms with Crippen molar-refractivity contribution in [2.24, 2.45) is 0 Å². The average Bonchev–Trinajstić information content (AvgIpc) is 3.16. The summed E-state index contributed by atoms with van der Waals surface area (Å²) in [4.78, 5) is 4.60. The van der Waals surface area contributed by atoms with E-state index in [-0.39, 0.29) is 0 Å². The zero-order valence-corrected chi connectivity index (χ0v) is 14.7. The van der Waals surface area contributed by atoms with E-state index >= 15 is 0 Å². The number of rotatable bonds is 5. The maximum Gasteiger partial charge on any atom is 0.134 e. The first kappa shape index (κ1) is 16.7. The molecule has 0 saturated heterocycles. The van der Waals surface area contributed by atoms with Gasteiger partial charge in [0.1, 0.15) is 22.6 Å². The SMILES string of the molecule is COc1ccc(/C=C(/C#N)c2nc(-c3cccc(OC)c3)cs2)cc1. The van der Waals surface area contributed by atoms with Gasteiger partial charge in [0.25, 0.3) is 0 Å². The van der Waals surface area contributed by atoms with Gasteiger partial charge < -0.3 is 9.47 Å². The maximum absolute atomic E-state index is 9.51. The third-order valence-corrected chi connectivity index (χ3v) is 4.52. The molecule has 4 nitrogen and oxygen atoms in total. The normalized spacial score (nSPS) is 11.0. The van der Waals surface area contributed by atoms with Crippen LogP contribution < -0.4 is 9.47 Å². The van der Waals surface area contributed by atoms with Gasteiger partial charge in [-0.3, -0.25) is 0 Å². The molecule has 1 aromatic heterocycles. The van der Waals surface area contributed by atoms with Gasteiger partial charge in [-0.2, -0.15) is 5.26 Å². The van der Waals surface area contributed by atoms with E-state index in [1.807, 2.05) is 60.0 Å². The molecule has 0 unspecified atom stereocenters. The molecule has 0 amide bonds. The number of hydrogen-bond acceptors (Lipinski definition) is 5. The summed E-state index contributed by atoms with van der Waals surface area (Å²) >= 11 is 1.45. The minimum atomic E-state index is 0.532. The first-order chi connectivity index (χ1) is 12.2. The van der Waals surface area contributed by atoms with E-state index in [1.54, 1.807) is 14.2 Å². The molecule has 0 saturated carbocycles. The molecule has 0 N–H and O–H groups in total. The highest BCUT2D eigenvalue weighted by Gasteiger charge is 2.10. The average molecular weight is 348 g/mol. The van der Waals surface area contributed by atoms with Crippen molar-refractivity contribution in [3.8, 4) is 28.8 Å². The molecule has 2 aromatic carbocycles. The Balaban J connectivity index is 1.90. The van der Waals surface area contributed by atoms with Crippen LogP contribution in [-0.2, 0) is 0 Å². The molecular formula is C20H16N2O2S. The number of nitriles is 1. The fourth-order valence-corrected chi connectivity index (χ4v) is 3.12. The third kappa shape index (κ3) is 3.87. The fourth-order valence-electron chi connectivity index (χ4n) is 2.32. The highest BCUT2D eigenvalue weighted by molar-refractivity contribution is 7.11. The number of nitrogens with zero attached hydrogens (tertiary/aromatic N) is 2. The molecule has 0 spiro atoms. The van der Waals surface area contributed by atoms with Crippen LogP contribution in [0, 0.1) is 11.3 Å². The standard InChI is InChI=1S/C20H16N2O2S/c1-23-17-8-6-14(7-9-17)10-16(12-21)20-22-19(13-25-20)15-4-3-5-18(11-15)24-2/h3-11,13H,1-2H3/b16-10-. The molecule has 124 valence electrons. The van der Waals surface area contributed by atoms with Gasteiger partial charge in [0, 0.05) is 10.9 Å². The van der Waals surface area contributed by atoms with Crippen LogP contribution in [-0.4, -0.2) is 19.2 Å². The number of methoxy groups -OCH3 is 2. The first-order valence-corrected chi connectivity index (χ1v) is 8.47. The molecule has 0 aliphatic rings. The molecule has 0 atom stereocenters. The van der Waals surface area contributed by atoms with E-state index in [9.17, 15) is 5.26 Å². The van der Waals surface area contributed by atoms with Crippen LogP contribution in [0.3, 0.4) is 0 Å². The second-order valence-corrected chi connectivity index (χ2v) is 6.07. The number of ether oxygens (including phenoxy) is 2. The number of allylic oxidation sites excluding steroid dienone is 1. The Kier molecular flexibility index (Phi) is 5.12. The number of hydrogen-bond donors (Lipinski definition) is 0. The van der Waals surface area contributed by atoms with E-state index in [1.165, 1.54) is 11.3 Å². The second kappa shape index (κ2) is 7.65. The quantitative estimate of drug-likeness (QED) is 0.616. The Bertz CT molecular complexity index is 937. The van der Waals surface area contributed by atoms with E-state index in [2.05, 4.69) is 11.1 Å². The summed E-state index contributed by atoms with van der Waals surface area (Å²) in [6.07, 6.45) is 1.83. The van der Waals surface area contributed by atoms with Crippen LogP contribution in [0.5, 0.6) is 11.5 Å². The zero-order chi connectivity index (χ0) is 17.6. The van der Waals surface area contributed by atoms with Crippen molar-refractivity contribution < 1.29 is 9.47 Å². The molecule has 25 heavy (non-hydrogen) atoms. The summed E-state index contributed by atoms with van der Waals surface area (Å²) in [5.41, 5.74) is 3.25. The van der Waals surface area contributed by atoms with E-state index in [0.717, 1.165) is 28.3 Å². The monoisotopic (exact) mass is 348 g/mol. The van der Waals surface area contributed by atoms with Gasteiger partial charge in [0.05, 0.1) is 25.5 Å². The number of benzene rings is 2. The van der Waals surface area contributed by atoms with E-state index in [0.29, 0.717) is 10.6 Å². The zero-order valence-electron chi connectivity index (χ0n) is 13.9. The maximum atomic E-state index is 9.51. The predicted molar refractivity (Wildman–Crippen MR) is 101 cm³/mol. The Labute approximate surface area is 150 Å². The molecule has 3 aromatic rings. The lowest BCUT2D eigenvalue weighted by Crippen LogP contribution is -1.85. The molecular weight excluding hydrogens is 332 g/mol. The lowest BCUT2D eigenvalue weighted by molar-refractivity contribution is 0.414. The second-order valence-electron chi connectivity index (χ2n) is 5.21. The Morgan fingerprint density at radius 2 is 1.84 bits per heavy atom. The Morgan fingerprint density at radius 1 is 1.08 bits per heavy atom. The highest BCUT2D eigenvalue weighted by Crippen LogP contribution is 2.29. The summed E-state index contributed by atoms with van der Waals surface area (Å²) in [7, 11) is 3.26. The Hall–Kier alpha value is -3.10. The van der Waals surface area contributed by atoms with Crippen LogP contribution >= 0.6 is 11.3 Å². The highest BCUT2D eigenvalue weighted by atomic mass is 32.1. The van der Waals surface area contributed by atoms with Gasteiger partial charge in [-0.1, -0.05) is 24.3 Å². The van der Waals surface area contributed by atoms with E-state index < -0.39 is 0 Å². The van der Waals surface area contributed by atoms with Crippen molar-refractivity contribution in [3.63, 3.8) is 0 Å². The van der Waals surface area contributed by atoms with Crippen molar-refractivity contribution in [3.05, 3.63) is 64.5 Å². The molecule has 0 radical (unpaired) electrons. The molecule has 3 rings (SSSR count). The Morgan fingerprint density at radius 3 is 2.52 bits per heavy atom. The molecule has 5 heteroatoms. The van der Waals surface area contributed by atoms with Gasteiger partial charge in [-0.15, -0.1) is 11.3 Å². The first-order valence-electron chi connectivity index (χ1n) is 7.59. The van der Waals surface area contributed by atoms with Gasteiger partial charge >= 0.3 is 0 Å². The molecule has 1 heterocycles. The lowest BCUT2D eigenvalue weighted by Gasteiger charge is -2.01. The molecule has 0 fully saturated rings. The van der Waals surface area contributed by atoms with Crippen molar-refractivity contribution in [1.82, 2.24) is 4.98 Å². The van der Waals surface area contributed by atoms with Crippen LogP contribution in [0.15, 0.2) is 53.9 Å². The summed E-state index contributed by atoms with van der Waals surface area (Å²) in [6, 6.07) is 17.5. The lowest BCUT2D eigenvalue weighted by atomic mass is 10.1. The van der Waals surface area contributed by atoms with Gasteiger partial charge in [0.2, 0.25) is 0 Å². The van der Waals surface area contributed by atoms with Crippen molar-refractivity contribution in [1.29, 1.82) is 5.26 Å². The number of thiazole rings is 1. The minimum absolute atomic E-state index is 0.532. The summed E-state index contributed by atoms with van der Waals surface area (Å²) < 4.78 is 10.4. The summed E-state index contributed by atoms with van der Waals surface area (Å²) in [5.74, 6) is 1.56. The minimum Gasteiger partial charge on any atom is -0.497 e. The predicted octanol–water partition coefficient (Wildman–Crippen LogP) is 4.89. The van der Waals surface area contributed by atoms with Crippen LogP contribution in [0.2, 0.25) is 0 Å². The molecule has 0 aliphatic carbocycles. The van der Waals surface area contributed by atoms with Crippen LogP contribution in [0.25, 0.3) is 22.9 Å². The van der Waals surface area contributed by atoms with Crippen molar-refractivity contribution >= 4 is 23.0 Å². The topological polar surface area (TPSA) is 55.1 Å². The van der Waals surface area contributed by atoms with Gasteiger partial charge in [0.15, 0.2) is 0 Å². The third-order valence-electron chi connectivity index (χ3n) is 3.65. The fraction of sp³-hybridized carbons (Fsp3) is 0.100. The van der Waals surface area contributed by atoms with Crippen molar-refractivity contribution in [2.45, 2.75) is 0 Å². The summed E-state index contributed by atoms with van der Waals surface area (Å²) in [5, 5.41) is 12.1.